The van der Waals surface area contributed by atoms with Crippen LogP contribution in [-0.2, 0) is 6.42 Å². The Kier molecular flexibility index (Phi) is 6.00. The van der Waals surface area contributed by atoms with Gasteiger partial charge in [0.1, 0.15) is 11.5 Å². The standard InChI is InChI=1S/C29H31NO2/c1-3-30-19-7-10-28(30)32-24-14-11-22(12-15-24)29-26(21-8-5-4-6-9-21)17-13-23-20-25(31-2)16-18-27(23)29/h4-6,8-9,11-12,14-16,18,20,28H,3,7,10,13,17,19H2,1-2H3. The summed E-state index contributed by atoms with van der Waals surface area (Å²) in [6.45, 7) is 4.38. The molecular weight excluding hydrogens is 394 g/mol. The zero-order valence-corrected chi connectivity index (χ0v) is 19.0. The summed E-state index contributed by atoms with van der Waals surface area (Å²) in [6, 6.07) is 26.0. The van der Waals surface area contributed by atoms with Crippen molar-refractivity contribution in [1.82, 2.24) is 4.90 Å². The molecule has 0 saturated carbocycles. The van der Waals surface area contributed by atoms with Crippen LogP contribution in [0.1, 0.15) is 48.4 Å². The molecular formula is C29H31NO2. The quantitative estimate of drug-likeness (QED) is 0.455. The zero-order chi connectivity index (χ0) is 21.9. The highest BCUT2D eigenvalue weighted by Crippen LogP contribution is 2.42. The molecule has 1 aliphatic carbocycles. The Morgan fingerprint density at radius 2 is 1.66 bits per heavy atom. The van der Waals surface area contributed by atoms with Crippen LogP contribution in [0.3, 0.4) is 0 Å². The van der Waals surface area contributed by atoms with E-state index >= 15 is 0 Å². The summed E-state index contributed by atoms with van der Waals surface area (Å²) in [4.78, 5) is 2.41. The third kappa shape index (κ3) is 4.05. The van der Waals surface area contributed by atoms with Crippen LogP contribution in [0.25, 0.3) is 11.1 Å². The summed E-state index contributed by atoms with van der Waals surface area (Å²) in [5.74, 6) is 1.87. The molecule has 1 fully saturated rings. The minimum atomic E-state index is 0.202. The van der Waals surface area contributed by atoms with Gasteiger partial charge in [-0.2, -0.15) is 0 Å². The number of benzene rings is 3. The maximum absolute atomic E-state index is 6.33. The molecule has 0 radical (unpaired) electrons. The first-order valence-electron chi connectivity index (χ1n) is 11.7. The van der Waals surface area contributed by atoms with Crippen LogP contribution < -0.4 is 9.47 Å². The molecule has 1 aliphatic heterocycles. The van der Waals surface area contributed by atoms with Gasteiger partial charge in [-0.05, 0) is 89.9 Å². The Morgan fingerprint density at radius 3 is 2.41 bits per heavy atom. The summed E-state index contributed by atoms with van der Waals surface area (Å²) in [6.07, 6.45) is 4.56. The van der Waals surface area contributed by atoms with Crippen molar-refractivity contribution in [3.05, 3.63) is 95.1 Å². The Hall–Kier alpha value is -3.04. The first-order valence-corrected chi connectivity index (χ1v) is 11.7. The molecule has 164 valence electrons. The lowest BCUT2D eigenvalue weighted by Gasteiger charge is -2.26. The fraction of sp³-hybridized carbons (Fsp3) is 0.310. The number of aryl methyl sites for hydroxylation is 1. The second-order valence-corrected chi connectivity index (χ2v) is 8.61. The molecule has 3 aromatic rings. The number of ether oxygens (including phenoxy) is 2. The van der Waals surface area contributed by atoms with Gasteiger partial charge in [0.25, 0.3) is 0 Å². The molecule has 3 nitrogen and oxygen atoms in total. The van der Waals surface area contributed by atoms with Crippen molar-refractivity contribution in [2.75, 3.05) is 20.2 Å². The van der Waals surface area contributed by atoms with Crippen LogP contribution in [0.4, 0.5) is 0 Å². The van der Waals surface area contributed by atoms with Crippen LogP contribution >= 0.6 is 0 Å². The molecule has 0 amide bonds. The first-order chi connectivity index (χ1) is 15.8. The van der Waals surface area contributed by atoms with Crippen LogP contribution in [0.5, 0.6) is 11.5 Å². The maximum atomic E-state index is 6.33. The molecule has 1 atom stereocenters. The predicted molar refractivity (Wildman–Crippen MR) is 131 cm³/mol. The topological polar surface area (TPSA) is 21.7 Å². The second kappa shape index (κ2) is 9.22. The maximum Gasteiger partial charge on any atom is 0.152 e. The van der Waals surface area contributed by atoms with Crippen molar-refractivity contribution in [2.45, 2.75) is 38.8 Å². The van der Waals surface area contributed by atoms with Gasteiger partial charge in [-0.3, -0.25) is 4.90 Å². The molecule has 3 aromatic carbocycles. The van der Waals surface area contributed by atoms with Gasteiger partial charge in [0.2, 0.25) is 0 Å². The van der Waals surface area contributed by atoms with E-state index in [4.69, 9.17) is 9.47 Å². The van der Waals surface area contributed by atoms with Gasteiger partial charge in [0.05, 0.1) is 7.11 Å². The molecule has 1 saturated heterocycles. The van der Waals surface area contributed by atoms with Gasteiger partial charge < -0.3 is 9.47 Å². The van der Waals surface area contributed by atoms with E-state index in [1.165, 1.54) is 39.8 Å². The van der Waals surface area contributed by atoms with E-state index in [-0.39, 0.29) is 6.23 Å². The molecule has 0 bridgehead atoms. The highest BCUT2D eigenvalue weighted by atomic mass is 16.5. The van der Waals surface area contributed by atoms with Crippen LogP contribution in [0.15, 0.2) is 72.8 Å². The van der Waals surface area contributed by atoms with Gasteiger partial charge in [-0.25, -0.2) is 0 Å². The molecule has 0 aromatic heterocycles. The molecule has 1 unspecified atom stereocenters. The van der Waals surface area contributed by atoms with Crippen LogP contribution in [0, 0.1) is 0 Å². The van der Waals surface area contributed by atoms with E-state index < -0.39 is 0 Å². The van der Waals surface area contributed by atoms with E-state index in [2.05, 4.69) is 84.6 Å². The highest BCUT2D eigenvalue weighted by molar-refractivity contribution is 6.00. The fourth-order valence-corrected chi connectivity index (χ4v) is 5.10. The fourth-order valence-electron chi connectivity index (χ4n) is 5.10. The highest BCUT2D eigenvalue weighted by Gasteiger charge is 2.25. The minimum absolute atomic E-state index is 0.202. The number of hydrogen-bond acceptors (Lipinski definition) is 3. The summed E-state index contributed by atoms with van der Waals surface area (Å²) < 4.78 is 11.8. The lowest BCUT2D eigenvalue weighted by atomic mass is 9.79. The zero-order valence-electron chi connectivity index (χ0n) is 19.0. The minimum Gasteiger partial charge on any atom is -0.497 e. The van der Waals surface area contributed by atoms with Crippen molar-refractivity contribution < 1.29 is 9.47 Å². The number of nitrogens with zero attached hydrogens (tertiary/aromatic N) is 1. The van der Waals surface area contributed by atoms with Gasteiger partial charge in [-0.15, -0.1) is 0 Å². The van der Waals surface area contributed by atoms with Crippen LogP contribution in [0.2, 0.25) is 0 Å². The average Bonchev–Trinajstić information content (AvgIpc) is 3.31. The smallest absolute Gasteiger partial charge is 0.152 e. The van der Waals surface area contributed by atoms with Crippen molar-refractivity contribution in [1.29, 1.82) is 0 Å². The Balaban J connectivity index is 1.53. The number of fused-ring (bicyclic) bond motifs is 1. The molecule has 32 heavy (non-hydrogen) atoms. The Bertz CT molecular complexity index is 1100. The lowest BCUT2D eigenvalue weighted by molar-refractivity contribution is 0.0650. The molecule has 3 heteroatoms. The van der Waals surface area contributed by atoms with Crippen molar-refractivity contribution >= 4 is 11.1 Å². The number of likely N-dealkylation sites (tertiary alicyclic amines) is 1. The monoisotopic (exact) mass is 425 g/mol. The Labute approximate surface area is 191 Å². The number of rotatable bonds is 6. The molecule has 5 rings (SSSR count). The molecule has 0 spiro atoms. The number of methoxy groups -OCH3 is 1. The second-order valence-electron chi connectivity index (χ2n) is 8.61. The molecule has 1 heterocycles. The van der Waals surface area contributed by atoms with E-state index in [9.17, 15) is 0 Å². The average molecular weight is 426 g/mol. The number of hydrogen-bond donors (Lipinski definition) is 0. The van der Waals surface area contributed by atoms with E-state index in [1.807, 2.05) is 0 Å². The van der Waals surface area contributed by atoms with Gasteiger partial charge >= 0.3 is 0 Å². The van der Waals surface area contributed by atoms with Crippen molar-refractivity contribution in [3.8, 4) is 11.5 Å². The van der Waals surface area contributed by atoms with Crippen molar-refractivity contribution in [2.24, 2.45) is 0 Å². The SMILES string of the molecule is CCN1CCCC1Oc1ccc(C2=C(c3ccccc3)CCc3cc(OC)ccc32)cc1. The molecule has 0 N–H and O–H groups in total. The lowest BCUT2D eigenvalue weighted by Crippen LogP contribution is -2.33. The van der Waals surface area contributed by atoms with E-state index in [0.29, 0.717) is 0 Å². The van der Waals surface area contributed by atoms with Gasteiger partial charge in [0, 0.05) is 6.54 Å². The van der Waals surface area contributed by atoms with E-state index in [1.54, 1.807) is 7.11 Å². The third-order valence-electron chi connectivity index (χ3n) is 6.78. The molecule has 2 aliphatic rings. The number of allylic oxidation sites excluding steroid dienone is 1. The summed E-state index contributed by atoms with van der Waals surface area (Å²) in [5.41, 5.74) is 7.92. The summed E-state index contributed by atoms with van der Waals surface area (Å²) in [5, 5.41) is 0. The third-order valence-corrected chi connectivity index (χ3v) is 6.78. The van der Waals surface area contributed by atoms with E-state index in [0.717, 1.165) is 43.9 Å². The van der Waals surface area contributed by atoms with Crippen molar-refractivity contribution in [3.63, 3.8) is 0 Å². The normalized spacial score (nSPS) is 18.5. The first kappa shape index (κ1) is 20.8. The van der Waals surface area contributed by atoms with Crippen LogP contribution in [-0.4, -0.2) is 31.3 Å². The van der Waals surface area contributed by atoms with Gasteiger partial charge in [0.15, 0.2) is 6.23 Å². The van der Waals surface area contributed by atoms with Gasteiger partial charge in [-0.1, -0.05) is 55.5 Å². The predicted octanol–water partition coefficient (Wildman–Crippen LogP) is 6.42. The largest absolute Gasteiger partial charge is 0.497 e. The summed E-state index contributed by atoms with van der Waals surface area (Å²) in [7, 11) is 1.74. The Morgan fingerprint density at radius 1 is 0.875 bits per heavy atom. The summed E-state index contributed by atoms with van der Waals surface area (Å²) >= 11 is 0.